The van der Waals surface area contributed by atoms with E-state index < -0.39 is 0 Å². The van der Waals surface area contributed by atoms with Gasteiger partial charge in [0.1, 0.15) is 5.75 Å². The molecule has 4 N–H and O–H groups in total. The maximum atomic E-state index is 11.7. The summed E-state index contributed by atoms with van der Waals surface area (Å²) >= 11 is 0. The smallest absolute Gasteiger partial charge is 0.227 e. The lowest BCUT2D eigenvalue weighted by Gasteiger charge is -2.11. The molecule has 0 radical (unpaired) electrons. The van der Waals surface area contributed by atoms with Crippen molar-refractivity contribution in [3.8, 4) is 5.75 Å². The Bertz CT molecular complexity index is 377. The summed E-state index contributed by atoms with van der Waals surface area (Å²) in [5.74, 6) is -0.00794. The highest BCUT2D eigenvalue weighted by molar-refractivity contribution is 5.92. The Hall–Kier alpha value is -1.55. The monoisotopic (exact) mass is 222 g/mol. The molecule has 4 nitrogen and oxygen atoms in total. The standard InChI is InChI=1S/C12H18N2O2/c1-8-3-4-10(7-11(8)15)14-12(16)9(2)5-6-13/h3-4,7,9,15H,5-6,13H2,1-2H3,(H,14,16). The number of phenolic OH excluding ortho intramolecular Hbond substituents is 1. The van der Waals surface area contributed by atoms with Crippen LogP contribution >= 0.6 is 0 Å². The minimum atomic E-state index is -0.117. The van der Waals surface area contributed by atoms with Crippen molar-refractivity contribution >= 4 is 11.6 Å². The Labute approximate surface area is 95.5 Å². The van der Waals surface area contributed by atoms with Crippen LogP contribution in [0.3, 0.4) is 0 Å². The van der Waals surface area contributed by atoms with Gasteiger partial charge in [-0.15, -0.1) is 0 Å². The third-order valence-electron chi connectivity index (χ3n) is 2.52. The van der Waals surface area contributed by atoms with E-state index in [0.29, 0.717) is 18.7 Å². The van der Waals surface area contributed by atoms with Crippen molar-refractivity contribution in [2.75, 3.05) is 11.9 Å². The summed E-state index contributed by atoms with van der Waals surface area (Å²) in [6.07, 6.45) is 0.656. The second-order valence-electron chi connectivity index (χ2n) is 3.97. The molecule has 1 rings (SSSR count). The van der Waals surface area contributed by atoms with Gasteiger partial charge in [-0.25, -0.2) is 0 Å². The molecule has 16 heavy (non-hydrogen) atoms. The van der Waals surface area contributed by atoms with E-state index in [-0.39, 0.29) is 17.6 Å². The first-order valence-corrected chi connectivity index (χ1v) is 5.35. The van der Waals surface area contributed by atoms with E-state index >= 15 is 0 Å². The lowest BCUT2D eigenvalue weighted by Crippen LogP contribution is -2.22. The molecule has 1 amide bonds. The molecule has 0 bridgehead atoms. The van der Waals surface area contributed by atoms with Crippen LogP contribution in [0.15, 0.2) is 18.2 Å². The van der Waals surface area contributed by atoms with Gasteiger partial charge in [0.25, 0.3) is 0 Å². The second-order valence-corrected chi connectivity index (χ2v) is 3.97. The zero-order valence-corrected chi connectivity index (χ0v) is 9.66. The van der Waals surface area contributed by atoms with Crippen LogP contribution in [-0.4, -0.2) is 17.6 Å². The fourth-order valence-electron chi connectivity index (χ4n) is 1.33. The maximum Gasteiger partial charge on any atom is 0.227 e. The number of carbonyl (C=O) groups excluding carboxylic acids is 1. The van der Waals surface area contributed by atoms with Gasteiger partial charge in [-0.05, 0) is 31.5 Å². The van der Waals surface area contributed by atoms with Crippen molar-refractivity contribution in [3.05, 3.63) is 23.8 Å². The molecule has 1 unspecified atom stereocenters. The minimum Gasteiger partial charge on any atom is -0.508 e. The summed E-state index contributed by atoms with van der Waals surface area (Å²) in [7, 11) is 0. The van der Waals surface area contributed by atoms with Crippen LogP contribution in [0.1, 0.15) is 18.9 Å². The predicted octanol–water partition coefficient (Wildman–Crippen LogP) is 1.62. The van der Waals surface area contributed by atoms with Crippen LogP contribution in [0.5, 0.6) is 5.75 Å². The van der Waals surface area contributed by atoms with Gasteiger partial charge in [-0.2, -0.15) is 0 Å². The van der Waals surface area contributed by atoms with E-state index in [0.717, 1.165) is 5.56 Å². The molecule has 1 aromatic rings. The Morgan fingerprint density at radius 2 is 2.25 bits per heavy atom. The maximum absolute atomic E-state index is 11.7. The number of carbonyl (C=O) groups is 1. The zero-order chi connectivity index (χ0) is 12.1. The number of hydrogen-bond donors (Lipinski definition) is 3. The van der Waals surface area contributed by atoms with Crippen molar-refractivity contribution in [3.63, 3.8) is 0 Å². The first kappa shape index (κ1) is 12.5. The molecule has 0 fully saturated rings. The van der Waals surface area contributed by atoms with Crippen molar-refractivity contribution in [1.29, 1.82) is 0 Å². The summed E-state index contributed by atoms with van der Waals surface area (Å²) < 4.78 is 0. The Kier molecular flexibility index (Phi) is 4.31. The summed E-state index contributed by atoms with van der Waals surface area (Å²) in [4.78, 5) is 11.7. The van der Waals surface area contributed by atoms with E-state index in [4.69, 9.17) is 5.73 Å². The van der Waals surface area contributed by atoms with Gasteiger partial charge in [0.2, 0.25) is 5.91 Å². The van der Waals surface area contributed by atoms with Gasteiger partial charge >= 0.3 is 0 Å². The van der Waals surface area contributed by atoms with Crippen LogP contribution in [0.2, 0.25) is 0 Å². The molecule has 1 aromatic carbocycles. The first-order valence-electron chi connectivity index (χ1n) is 5.35. The van der Waals surface area contributed by atoms with E-state index in [9.17, 15) is 9.90 Å². The molecular weight excluding hydrogens is 204 g/mol. The first-order chi connectivity index (χ1) is 7.54. The number of aromatic hydroxyl groups is 1. The number of anilines is 1. The SMILES string of the molecule is Cc1ccc(NC(=O)C(C)CCN)cc1O. The minimum absolute atomic E-state index is 0.0753. The molecule has 0 spiro atoms. The van der Waals surface area contributed by atoms with Gasteiger partial charge in [0.15, 0.2) is 0 Å². The number of aryl methyl sites for hydroxylation is 1. The summed E-state index contributed by atoms with van der Waals surface area (Å²) in [6, 6.07) is 5.07. The average molecular weight is 222 g/mol. The Morgan fingerprint density at radius 1 is 1.56 bits per heavy atom. The molecule has 88 valence electrons. The number of nitrogens with one attached hydrogen (secondary N) is 1. The van der Waals surface area contributed by atoms with Crippen LogP contribution in [0.25, 0.3) is 0 Å². The molecule has 0 aliphatic heterocycles. The molecule has 0 saturated carbocycles. The summed E-state index contributed by atoms with van der Waals surface area (Å²) in [6.45, 7) is 4.13. The highest BCUT2D eigenvalue weighted by Crippen LogP contribution is 2.21. The normalized spacial score (nSPS) is 12.2. The average Bonchev–Trinajstić information content (AvgIpc) is 2.24. The van der Waals surface area contributed by atoms with E-state index in [1.54, 1.807) is 25.1 Å². The van der Waals surface area contributed by atoms with Crippen LogP contribution in [-0.2, 0) is 4.79 Å². The molecule has 4 heteroatoms. The highest BCUT2D eigenvalue weighted by atomic mass is 16.3. The van der Waals surface area contributed by atoms with Gasteiger partial charge in [0, 0.05) is 17.7 Å². The summed E-state index contributed by atoms with van der Waals surface area (Å²) in [5.41, 5.74) is 6.78. The van der Waals surface area contributed by atoms with Crippen LogP contribution in [0.4, 0.5) is 5.69 Å². The molecule has 0 saturated heterocycles. The number of rotatable bonds is 4. The Balaban J connectivity index is 2.66. The van der Waals surface area contributed by atoms with Crippen LogP contribution < -0.4 is 11.1 Å². The third kappa shape index (κ3) is 3.24. The number of phenols is 1. The zero-order valence-electron chi connectivity index (χ0n) is 9.66. The number of benzene rings is 1. The Morgan fingerprint density at radius 3 is 2.81 bits per heavy atom. The molecule has 0 aromatic heterocycles. The van der Waals surface area contributed by atoms with Gasteiger partial charge in [0.05, 0.1) is 0 Å². The molecular formula is C12H18N2O2. The van der Waals surface area contributed by atoms with Gasteiger partial charge < -0.3 is 16.2 Å². The lowest BCUT2D eigenvalue weighted by molar-refractivity contribution is -0.119. The predicted molar refractivity (Wildman–Crippen MR) is 64.3 cm³/mol. The third-order valence-corrected chi connectivity index (χ3v) is 2.52. The second kappa shape index (κ2) is 5.51. The van der Waals surface area contributed by atoms with E-state index in [2.05, 4.69) is 5.32 Å². The summed E-state index contributed by atoms with van der Waals surface area (Å²) in [5, 5.41) is 12.2. The fraction of sp³-hybridized carbons (Fsp3) is 0.417. The van der Waals surface area contributed by atoms with E-state index in [1.165, 1.54) is 0 Å². The lowest BCUT2D eigenvalue weighted by atomic mass is 10.1. The topological polar surface area (TPSA) is 75.4 Å². The number of hydrogen-bond acceptors (Lipinski definition) is 3. The fourth-order valence-corrected chi connectivity index (χ4v) is 1.33. The molecule has 0 aliphatic rings. The van der Waals surface area contributed by atoms with Crippen LogP contribution in [0, 0.1) is 12.8 Å². The van der Waals surface area contributed by atoms with Crippen molar-refractivity contribution in [2.45, 2.75) is 20.3 Å². The largest absolute Gasteiger partial charge is 0.508 e. The van der Waals surface area contributed by atoms with Crippen molar-refractivity contribution in [1.82, 2.24) is 0 Å². The number of nitrogens with two attached hydrogens (primary N) is 1. The van der Waals surface area contributed by atoms with Crippen molar-refractivity contribution in [2.24, 2.45) is 11.7 Å². The number of amides is 1. The van der Waals surface area contributed by atoms with E-state index in [1.807, 2.05) is 6.92 Å². The molecule has 0 heterocycles. The molecule has 1 atom stereocenters. The van der Waals surface area contributed by atoms with Gasteiger partial charge in [-0.3, -0.25) is 4.79 Å². The van der Waals surface area contributed by atoms with Gasteiger partial charge in [-0.1, -0.05) is 13.0 Å². The molecule has 0 aliphatic carbocycles. The van der Waals surface area contributed by atoms with Crippen molar-refractivity contribution < 1.29 is 9.90 Å². The highest BCUT2D eigenvalue weighted by Gasteiger charge is 2.12. The quantitative estimate of drug-likeness (QED) is 0.724.